The lowest BCUT2D eigenvalue weighted by Crippen LogP contribution is -2.61. The molecule has 5 rings (SSSR count). The number of aliphatic hydroxyl groups is 1. The first-order valence-corrected chi connectivity index (χ1v) is 23.9. The standard InChI is InChI=1S/C43H62N12O12S/c1-5-20(3)35-40(64)47-16-33(59)49-29-19-68(67)42-25(24-10-9-22(12-26(24)52-42)48-32(58)8-7-11-44)14-27(37(61)46-17-34(60)53-35)50-41(65)36(21(4)6-2)54-39(63)30-13-23(56)18-55(30)43(66)28(15-31(45)57)51-38(29)62/h9-10,12,20-21,23,27-30,35-36,52,56H,5-8,11,13-19,44H2,1-4H3,(H2,45,57)(H,46,61)(H,47,64)(H,48,58)(H,49,59)(H,50,65)(H,51,62)(H,53,60)(H,54,63)/t20-,21-,23+,27-,28-,29-,30-,35-,36-,68?/m0/s1. The molecule has 68 heavy (non-hydrogen) atoms. The van der Waals surface area contributed by atoms with Gasteiger partial charge >= 0.3 is 0 Å². The van der Waals surface area contributed by atoms with Crippen LogP contribution >= 0.6 is 0 Å². The minimum absolute atomic E-state index is 0.0965. The molecule has 25 heteroatoms. The van der Waals surface area contributed by atoms with E-state index < -0.39 is 156 Å². The van der Waals surface area contributed by atoms with Crippen LogP contribution in [0.2, 0.25) is 0 Å². The van der Waals surface area contributed by atoms with Crippen molar-refractivity contribution in [1.82, 2.24) is 47.1 Å². The number of carbonyl (C=O) groups excluding carboxylic acids is 10. The van der Waals surface area contributed by atoms with Crippen LogP contribution in [0.25, 0.3) is 10.9 Å². The molecular formula is C43H62N12O12S. The number of fused-ring (bicyclic) bond motifs is 5. The molecule has 2 bridgehead atoms. The van der Waals surface area contributed by atoms with E-state index in [-0.39, 0.29) is 41.4 Å². The van der Waals surface area contributed by atoms with Crippen molar-refractivity contribution in [3.05, 3.63) is 23.8 Å². The number of anilines is 1. The number of primary amides is 1. The van der Waals surface area contributed by atoms with Crippen LogP contribution in [-0.4, -0.2) is 153 Å². The van der Waals surface area contributed by atoms with Gasteiger partial charge in [-0.15, -0.1) is 0 Å². The molecule has 0 spiro atoms. The predicted molar refractivity (Wildman–Crippen MR) is 245 cm³/mol. The Bertz CT molecular complexity index is 2320. The van der Waals surface area contributed by atoms with E-state index in [0.29, 0.717) is 30.3 Å². The lowest BCUT2D eigenvalue weighted by molar-refractivity contribution is -0.143. The minimum Gasteiger partial charge on any atom is -0.391 e. The first kappa shape index (κ1) is 52.5. The lowest BCUT2D eigenvalue weighted by atomic mass is 9.96. The molecule has 0 radical (unpaired) electrons. The first-order valence-electron chi connectivity index (χ1n) is 22.6. The minimum atomic E-state index is -2.35. The zero-order valence-corrected chi connectivity index (χ0v) is 39.2. The summed E-state index contributed by atoms with van der Waals surface area (Å²) in [5, 5.41) is 31.5. The maximum Gasteiger partial charge on any atom is 0.246 e. The van der Waals surface area contributed by atoms with E-state index in [2.05, 4.69) is 47.5 Å². The van der Waals surface area contributed by atoms with E-state index >= 15 is 0 Å². The van der Waals surface area contributed by atoms with Gasteiger partial charge in [-0.05, 0) is 42.5 Å². The molecule has 3 aliphatic rings. The molecule has 1 aromatic heterocycles. The van der Waals surface area contributed by atoms with Gasteiger partial charge in [0.1, 0.15) is 41.3 Å². The van der Waals surface area contributed by atoms with Crippen LogP contribution in [0.4, 0.5) is 5.69 Å². The molecule has 4 heterocycles. The summed E-state index contributed by atoms with van der Waals surface area (Å²) in [6.07, 6.45) is -1.56. The van der Waals surface area contributed by atoms with Crippen molar-refractivity contribution in [2.24, 2.45) is 23.3 Å². The second-order valence-electron chi connectivity index (χ2n) is 17.4. The normalized spacial score (nSPS) is 26.9. The fourth-order valence-corrected chi connectivity index (χ4v) is 9.55. The molecule has 0 saturated carbocycles. The van der Waals surface area contributed by atoms with E-state index in [0.717, 1.165) is 4.90 Å². The number of amides is 10. The molecule has 10 amide bonds. The van der Waals surface area contributed by atoms with E-state index in [4.69, 9.17) is 11.5 Å². The molecular weight excluding hydrogens is 909 g/mol. The Kier molecular flexibility index (Phi) is 18.1. The van der Waals surface area contributed by atoms with Gasteiger partial charge in [-0.3, -0.25) is 52.2 Å². The monoisotopic (exact) mass is 970 g/mol. The Balaban J connectivity index is 1.73. The lowest BCUT2D eigenvalue weighted by Gasteiger charge is -2.32. The number of aromatic amines is 1. The van der Waals surface area contributed by atoms with Gasteiger partial charge in [0.2, 0.25) is 59.1 Å². The fraction of sp³-hybridized carbons (Fsp3) is 0.581. The average Bonchev–Trinajstić information content (AvgIpc) is 3.87. The number of hydrogen-bond donors (Lipinski definition) is 12. The molecule has 1 aromatic carbocycles. The highest BCUT2D eigenvalue weighted by molar-refractivity contribution is 7.85. The maximum atomic E-state index is 14.8. The number of benzene rings is 1. The van der Waals surface area contributed by atoms with Gasteiger partial charge < -0.3 is 69.0 Å². The van der Waals surface area contributed by atoms with Crippen LogP contribution in [0, 0.1) is 11.8 Å². The van der Waals surface area contributed by atoms with Crippen LogP contribution in [-0.2, 0) is 65.2 Å². The van der Waals surface area contributed by atoms with Gasteiger partial charge in [0.05, 0.1) is 42.2 Å². The van der Waals surface area contributed by atoms with Crippen molar-refractivity contribution >= 4 is 86.5 Å². The summed E-state index contributed by atoms with van der Waals surface area (Å²) in [5.41, 5.74) is 11.9. The second-order valence-corrected chi connectivity index (χ2v) is 18.8. The highest BCUT2D eigenvalue weighted by atomic mass is 32.2. The molecule has 10 atom stereocenters. The third kappa shape index (κ3) is 13.2. The van der Waals surface area contributed by atoms with E-state index in [1.54, 1.807) is 39.8 Å². The summed E-state index contributed by atoms with van der Waals surface area (Å²) < 4.78 is 14.8. The summed E-state index contributed by atoms with van der Waals surface area (Å²) in [6, 6.07) is -4.51. The zero-order valence-electron chi connectivity index (χ0n) is 38.4. The number of aromatic nitrogens is 1. The Labute approximate surface area is 394 Å². The largest absolute Gasteiger partial charge is 0.391 e. The summed E-state index contributed by atoms with van der Waals surface area (Å²) in [4.78, 5) is 141. The topological polar surface area (TPSA) is 375 Å². The first-order chi connectivity index (χ1) is 32.2. The number of carbonyl (C=O) groups is 10. The van der Waals surface area contributed by atoms with Gasteiger partial charge in [-0.25, -0.2) is 0 Å². The van der Waals surface area contributed by atoms with E-state index in [9.17, 15) is 57.3 Å². The quantitative estimate of drug-likeness (QED) is 0.109. The average molecular weight is 971 g/mol. The zero-order chi connectivity index (χ0) is 50.0. The van der Waals surface area contributed by atoms with Crippen molar-refractivity contribution in [3.63, 3.8) is 0 Å². The summed E-state index contributed by atoms with van der Waals surface area (Å²) >= 11 is 0. The van der Waals surface area contributed by atoms with Crippen LogP contribution in [0.3, 0.4) is 0 Å². The fourth-order valence-electron chi connectivity index (χ4n) is 8.15. The summed E-state index contributed by atoms with van der Waals surface area (Å²) in [6.45, 7) is 5.25. The van der Waals surface area contributed by atoms with Crippen molar-refractivity contribution in [3.8, 4) is 0 Å². The van der Waals surface area contributed by atoms with Crippen molar-refractivity contribution in [1.29, 1.82) is 0 Å². The number of hydrogen-bond acceptors (Lipinski definition) is 13. The molecule has 2 aromatic rings. The highest BCUT2D eigenvalue weighted by Gasteiger charge is 2.44. The van der Waals surface area contributed by atoms with E-state index in [1.165, 1.54) is 6.07 Å². The number of nitrogens with zero attached hydrogens (tertiary/aromatic N) is 1. The summed E-state index contributed by atoms with van der Waals surface area (Å²) in [5.74, 6) is -10.6. The Morgan fingerprint density at radius 3 is 2.13 bits per heavy atom. The van der Waals surface area contributed by atoms with Crippen LogP contribution < -0.4 is 54.0 Å². The predicted octanol–water partition coefficient (Wildman–Crippen LogP) is -3.89. The van der Waals surface area contributed by atoms with Crippen LogP contribution in [0.5, 0.6) is 0 Å². The molecule has 372 valence electrons. The van der Waals surface area contributed by atoms with Crippen molar-refractivity contribution < 1.29 is 57.3 Å². The van der Waals surface area contributed by atoms with Crippen LogP contribution in [0.15, 0.2) is 23.2 Å². The van der Waals surface area contributed by atoms with Gasteiger partial charge in [0, 0.05) is 42.4 Å². The van der Waals surface area contributed by atoms with Gasteiger partial charge in [-0.2, -0.15) is 0 Å². The smallest absolute Gasteiger partial charge is 0.246 e. The maximum absolute atomic E-state index is 14.8. The molecule has 14 N–H and O–H groups in total. The molecule has 1 saturated heterocycles. The van der Waals surface area contributed by atoms with Crippen LogP contribution in [0.1, 0.15) is 71.8 Å². The third-order valence-electron chi connectivity index (χ3n) is 12.3. The van der Waals surface area contributed by atoms with Gasteiger partial charge in [-0.1, -0.05) is 46.6 Å². The second kappa shape index (κ2) is 23.5. The number of rotatable bonds is 10. The van der Waals surface area contributed by atoms with Gasteiger partial charge in [0.15, 0.2) is 0 Å². The number of aliphatic hydroxyl groups excluding tert-OH is 1. The highest BCUT2D eigenvalue weighted by Crippen LogP contribution is 2.30. The summed E-state index contributed by atoms with van der Waals surface area (Å²) in [7, 11) is -2.35. The third-order valence-corrected chi connectivity index (χ3v) is 13.8. The molecule has 0 aliphatic carbocycles. The number of H-pyrrole nitrogens is 1. The Morgan fingerprint density at radius 1 is 0.838 bits per heavy atom. The van der Waals surface area contributed by atoms with E-state index in [1.807, 2.05) is 0 Å². The van der Waals surface area contributed by atoms with Crippen molar-refractivity contribution in [2.45, 2.75) is 120 Å². The SMILES string of the molecule is CC[C@H](C)[C@@H]1NC(=O)CNC(=O)[C@@H]2Cc3c([nH]c4cc(NC(=O)CCCN)ccc34)S(=O)C[C@H](NC(=O)CNC1=O)C(=O)N[C@@H](CC(N)=O)C(=O)N1C[C@H](O)C[C@H]1C(=O)N[C@@H]([C@@H](C)CC)C(=O)N2. The number of nitrogens with two attached hydrogens (primary N) is 2. The molecule has 1 unspecified atom stereocenters. The van der Waals surface area contributed by atoms with Crippen molar-refractivity contribution in [2.75, 3.05) is 37.2 Å². The van der Waals surface area contributed by atoms with Gasteiger partial charge in [0.25, 0.3) is 0 Å². The Morgan fingerprint density at radius 2 is 1.49 bits per heavy atom. The molecule has 1 fully saturated rings. The Hall–Kier alpha value is -6.47. The molecule has 24 nitrogen and oxygen atoms in total. The molecule has 3 aliphatic heterocycles. The number of nitrogens with one attached hydrogen (secondary N) is 9.